The van der Waals surface area contributed by atoms with Crippen LogP contribution < -0.4 is 5.32 Å². The first-order valence-electron chi connectivity index (χ1n) is 5.53. The second-order valence-electron chi connectivity index (χ2n) is 4.10. The van der Waals surface area contributed by atoms with E-state index in [-0.39, 0.29) is 5.75 Å². The molecule has 0 saturated carbocycles. The fraction of sp³-hybridized carbons (Fsp3) is 0.143. The molecule has 94 valence electrons. The molecular weight excluding hydrogens is 405 g/mol. The second-order valence-corrected chi connectivity index (χ2v) is 6.20. The first-order valence-corrected chi connectivity index (χ1v) is 7.41. The largest absolute Gasteiger partial charge is 0.507 e. The zero-order valence-electron chi connectivity index (χ0n) is 9.87. The quantitative estimate of drug-likeness (QED) is 0.710. The van der Waals surface area contributed by atoms with Crippen molar-refractivity contribution in [3.63, 3.8) is 0 Å². The first-order chi connectivity index (χ1) is 8.56. The Morgan fingerprint density at radius 2 is 2.00 bits per heavy atom. The van der Waals surface area contributed by atoms with E-state index in [1.165, 1.54) is 9.13 Å². The molecule has 0 heterocycles. The highest BCUT2D eigenvalue weighted by Crippen LogP contribution is 2.25. The van der Waals surface area contributed by atoms with Gasteiger partial charge >= 0.3 is 0 Å². The number of rotatable bonds is 3. The Balaban J connectivity index is 2.11. The van der Waals surface area contributed by atoms with E-state index in [1.54, 1.807) is 6.07 Å². The fourth-order valence-electron chi connectivity index (χ4n) is 1.64. The van der Waals surface area contributed by atoms with Crippen molar-refractivity contribution in [2.45, 2.75) is 13.5 Å². The van der Waals surface area contributed by atoms with E-state index in [0.717, 1.165) is 22.3 Å². The number of phenols is 1. The topological polar surface area (TPSA) is 32.3 Å². The van der Waals surface area contributed by atoms with Gasteiger partial charge in [-0.2, -0.15) is 0 Å². The van der Waals surface area contributed by atoms with Gasteiger partial charge in [-0.25, -0.2) is 0 Å². The molecule has 0 unspecified atom stereocenters. The molecule has 2 rings (SSSR count). The Morgan fingerprint density at radius 1 is 1.22 bits per heavy atom. The van der Waals surface area contributed by atoms with Crippen molar-refractivity contribution in [3.05, 3.63) is 55.6 Å². The van der Waals surface area contributed by atoms with Gasteiger partial charge in [0.05, 0.1) is 4.47 Å². The van der Waals surface area contributed by atoms with Crippen molar-refractivity contribution in [1.82, 2.24) is 0 Å². The Bertz CT molecular complexity index is 572. The van der Waals surface area contributed by atoms with E-state index < -0.39 is 0 Å². The predicted molar refractivity (Wildman–Crippen MR) is 87.0 cm³/mol. The standard InChI is InChI=1S/C14H13BrINO/c1-9-2-4-11(16)7-13(9)17-8-10-3-5-14(18)12(15)6-10/h2-7,17-18H,8H2,1H3. The number of halogens is 2. The molecule has 0 aromatic heterocycles. The van der Waals surface area contributed by atoms with Gasteiger partial charge in [0.25, 0.3) is 0 Å². The van der Waals surface area contributed by atoms with Crippen LogP contribution in [0.15, 0.2) is 40.9 Å². The molecule has 0 saturated heterocycles. The summed E-state index contributed by atoms with van der Waals surface area (Å²) >= 11 is 5.62. The van der Waals surface area contributed by atoms with Gasteiger partial charge in [-0.05, 0) is 80.8 Å². The van der Waals surface area contributed by atoms with Crippen LogP contribution in [0, 0.1) is 10.5 Å². The molecule has 0 fully saturated rings. The average molecular weight is 418 g/mol. The molecule has 0 atom stereocenters. The van der Waals surface area contributed by atoms with Crippen LogP contribution in [-0.2, 0) is 6.54 Å². The van der Waals surface area contributed by atoms with Crippen LogP contribution in [0.5, 0.6) is 5.75 Å². The van der Waals surface area contributed by atoms with Crippen LogP contribution in [0.25, 0.3) is 0 Å². The summed E-state index contributed by atoms with van der Waals surface area (Å²) in [5.74, 6) is 0.268. The monoisotopic (exact) mass is 417 g/mol. The molecule has 2 N–H and O–H groups in total. The number of nitrogens with one attached hydrogen (secondary N) is 1. The summed E-state index contributed by atoms with van der Waals surface area (Å²) in [6.07, 6.45) is 0. The molecule has 18 heavy (non-hydrogen) atoms. The van der Waals surface area contributed by atoms with Gasteiger partial charge in [-0.15, -0.1) is 0 Å². The SMILES string of the molecule is Cc1ccc(I)cc1NCc1ccc(O)c(Br)c1. The van der Waals surface area contributed by atoms with Crippen molar-refractivity contribution in [3.8, 4) is 5.75 Å². The third-order valence-corrected chi connectivity index (χ3v) is 4.00. The van der Waals surface area contributed by atoms with Crippen molar-refractivity contribution in [1.29, 1.82) is 0 Å². The summed E-state index contributed by atoms with van der Waals surface area (Å²) in [7, 11) is 0. The number of aryl methyl sites for hydroxylation is 1. The second kappa shape index (κ2) is 5.93. The fourth-order valence-corrected chi connectivity index (χ4v) is 2.56. The summed E-state index contributed by atoms with van der Waals surface area (Å²) in [4.78, 5) is 0. The Hall–Kier alpha value is -0.750. The molecule has 2 nitrogen and oxygen atoms in total. The van der Waals surface area contributed by atoms with Crippen LogP contribution in [0.2, 0.25) is 0 Å². The van der Waals surface area contributed by atoms with Crippen LogP contribution in [0.1, 0.15) is 11.1 Å². The Labute approximate surface area is 129 Å². The third kappa shape index (κ3) is 3.38. The summed E-state index contributed by atoms with van der Waals surface area (Å²) in [6.45, 7) is 2.82. The minimum absolute atomic E-state index is 0.268. The van der Waals surface area contributed by atoms with Gasteiger partial charge in [0.15, 0.2) is 0 Å². The van der Waals surface area contributed by atoms with Crippen LogP contribution in [0.4, 0.5) is 5.69 Å². The number of hydrogen-bond donors (Lipinski definition) is 2. The average Bonchev–Trinajstić information content (AvgIpc) is 2.34. The molecule has 2 aromatic carbocycles. The highest BCUT2D eigenvalue weighted by Gasteiger charge is 2.02. The first kappa shape index (κ1) is 13.7. The van der Waals surface area contributed by atoms with Crippen molar-refractivity contribution in [2.24, 2.45) is 0 Å². The zero-order valence-corrected chi connectivity index (χ0v) is 13.6. The lowest BCUT2D eigenvalue weighted by atomic mass is 10.1. The maximum atomic E-state index is 9.44. The summed E-state index contributed by atoms with van der Waals surface area (Å²) in [6, 6.07) is 11.9. The predicted octanol–water partition coefficient (Wildman–Crippen LogP) is 4.68. The van der Waals surface area contributed by atoms with Crippen LogP contribution in [0.3, 0.4) is 0 Å². The van der Waals surface area contributed by atoms with E-state index in [4.69, 9.17) is 0 Å². The molecule has 0 aliphatic carbocycles. The van der Waals surface area contributed by atoms with Gasteiger partial charge in [-0.3, -0.25) is 0 Å². The molecule has 0 aliphatic heterocycles. The summed E-state index contributed by atoms with van der Waals surface area (Å²) in [5, 5.41) is 12.9. The lowest BCUT2D eigenvalue weighted by molar-refractivity contribution is 0.471. The molecule has 0 radical (unpaired) electrons. The number of aromatic hydroxyl groups is 1. The number of phenolic OH excluding ortho intramolecular Hbond substituents is 1. The number of benzene rings is 2. The maximum Gasteiger partial charge on any atom is 0.129 e. The van der Waals surface area contributed by atoms with E-state index >= 15 is 0 Å². The molecule has 0 bridgehead atoms. The van der Waals surface area contributed by atoms with E-state index in [2.05, 4.69) is 69.0 Å². The van der Waals surface area contributed by atoms with Gasteiger partial charge in [0.1, 0.15) is 5.75 Å². The van der Waals surface area contributed by atoms with Crippen molar-refractivity contribution >= 4 is 44.2 Å². The summed E-state index contributed by atoms with van der Waals surface area (Å²) in [5.41, 5.74) is 3.50. The molecule has 2 aromatic rings. The lowest BCUT2D eigenvalue weighted by Gasteiger charge is -2.10. The molecule has 0 amide bonds. The van der Waals surface area contributed by atoms with Gasteiger partial charge in [0, 0.05) is 15.8 Å². The summed E-state index contributed by atoms with van der Waals surface area (Å²) < 4.78 is 1.94. The minimum Gasteiger partial charge on any atom is -0.507 e. The number of anilines is 1. The van der Waals surface area contributed by atoms with Crippen LogP contribution in [-0.4, -0.2) is 5.11 Å². The van der Waals surface area contributed by atoms with Gasteiger partial charge < -0.3 is 10.4 Å². The highest BCUT2D eigenvalue weighted by atomic mass is 127. The highest BCUT2D eigenvalue weighted by molar-refractivity contribution is 14.1. The van der Waals surface area contributed by atoms with Gasteiger partial charge in [-0.1, -0.05) is 12.1 Å². The molecule has 0 aliphatic rings. The Kier molecular flexibility index (Phi) is 4.50. The molecular formula is C14H13BrINO. The van der Waals surface area contributed by atoms with Gasteiger partial charge in [0.2, 0.25) is 0 Å². The van der Waals surface area contributed by atoms with E-state index in [1.807, 2.05) is 12.1 Å². The van der Waals surface area contributed by atoms with E-state index in [0.29, 0.717) is 0 Å². The minimum atomic E-state index is 0.268. The number of hydrogen-bond acceptors (Lipinski definition) is 2. The smallest absolute Gasteiger partial charge is 0.129 e. The lowest BCUT2D eigenvalue weighted by Crippen LogP contribution is -2.01. The zero-order chi connectivity index (χ0) is 13.1. The normalized spacial score (nSPS) is 10.4. The van der Waals surface area contributed by atoms with E-state index in [9.17, 15) is 5.11 Å². The Morgan fingerprint density at radius 3 is 2.72 bits per heavy atom. The van der Waals surface area contributed by atoms with Crippen molar-refractivity contribution in [2.75, 3.05) is 5.32 Å². The molecule has 0 spiro atoms. The maximum absolute atomic E-state index is 9.44. The molecule has 4 heteroatoms. The van der Waals surface area contributed by atoms with Crippen LogP contribution >= 0.6 is 38.5 Å². The van der Waals surface area contributed by atoms with Crippen molar-refractivity contribution < 1.29 is 5.11 Å². The third-order valence-electron chi connectivity index (χ3n) is 2.69.